The van der Waals surface area contributed by atoms with E-state index in [4.69, 9.17) is 6.42 Å². The van der Waals surface area contributed by atoms with Crippen molar-refractivity contribution in [3.63, 3.8) is 0 Å². The first-order valence-corrected chi connectivity index (χ1v) is 4.47. The summed E-state index contributed by atoms with van der Waals surface area (Å²) in [6.45, 7) is 5.62. The Labute approximate surface area is 69.8 Å². The second-order valence-corrected chi connectivity index (χ2v) is 3.51. The van der Waals surface area contributed by atoms with Gasteiger partial charge in [-0.2, -0.15) is 0 Å². The Morgan fingerprint density at radius 2 is 2.18 bits per heavy atom. The molecule has 1 aliphatic rings. The summed E-state index contributed by atoms with van der Waals surface area (Å²) >= 11 is 0. The second-order valence-electron chi connectivity index (χ2n) is 3.51. The fraction of sp³-hybridized carbons (Fsp3) is 0.800. The lowest BCUT2D eigenvalue weighted by Crippen LogP contribution is -2.42. The molecule has 1 heteroatoms. The number of terminal acetylenes is 1. The van der Waals surface area contributed by atoms with Crippen molar-refractivity contribution < 1.29 is 0 Å². The van der Waals surface area contributed by atoms with Crippen LogP contribution in [0.4, 0.5) is 0 Å². The number of likely N-dealkylation sites (tertiary alicyclic amines) is 1. The summed E-state index contributed by atoms with van der Waals surface area (Å²) in [5.41, 5.74) is 0. The quantitative estimate of drug-likeness (QED) is 0.517. The maximum Gasteiger partial charge on any atom is 0.0714 e. The molecule has 1 atom stereocenters. The summed E-state index contributed by atoms with van der Waals surface area (Å²) in [4.78, 5) is 2.42. The summed E-state index contributed by atoms with van der Waals surface area (Å²) in [6, 6.07) is 1.01. The Bertz CT molecular complexity index is 155. The molecule has 0 amide bonds. The first kappa shape index (κ1) is 8.62. The van der Waals surface area contributed by atoms with Gasteiger partial charge in [0, 0.05) is 6.04 Å². The average molecular weight is 151 g/mol. The molecular weight excluding hydrogens is 134 g/mol. The van der Waals surface area contributed by atoms with E-state index in [1.165, 1.54) is 25.8 Å². The molecule has 1 nitrogen and oxygen atoms in total. The molecule has 11 heavy (non-hydrogen) atoms. The first-order valence-electron chi connectivity index (χ1n) is 4.47. The third-order valence-electron chi connectivity index (χ3n) is 2.40. The van der Waals surface area contributed by atoms with Crippen LogP contribution in [0.15, 0.2) is 0 Å². The van der Waals surface area contributed by atoms with Crippen molar-refractivity contribution in [1.82, 2.24) is 4.90 Å². The molecule has 0 unspecified atom stereocenters. The molecule has 62 valence electrons. The second kappa shape index (κ2) is 3.78. The molecule has 0 aromatic carbocycles. The highest BCUT2D eigenvalue weighted by molar-refractivity contribution is 5.02. The van der Waals surface area contributed by atoms with Crippen LogP contribution < -0.4 is 0 Å². The van der Waals surface area contributed by atoms with Crippen LogP contribution in [0.3, 0.4) is 0 Å². The van der Waals surface area contributed by atoms with E-state index in [1.807, 2.05) is 0 Å². The zero-order valence-electron chi connectivity index (χ0n) is 7.51. The summed E-state index contributed by atoms with van der Waals surface area (Å²) in [5, 5.41) is 0. The van der Waals surface area contributed by atoms with E-state index < -0.39 is 0 Å². The van der Waals surface area contributed by atoms with Gasteiger partial charge in [0.25, 0.3) is 0 Å². The van der Waals surface area contributed by atoms with E-state index >= 15 is 0 Å². The normalized spacial score (nSPS) is 26.9. The average Bonchev–Trinajstić information content (AvgIpc) is 2.04. The number of hydrogen-bond acceptors (Lipinski definition) is 1. The number of hydrogen-bond donors (Lipinski definition) is 0. The highest BCUT2D eigenvalue weighted by Crippen LogP contribution is 2.18. The molecule has 0 aromatic rings. The Balaban J connectivity index is 2.53. The van der Waals surface area contributed by atoms with Crippen LogP contribution in [0.2, 0.25) is 0 Å². The largest absolute Gasteiger partial charge is 0.287 e. The van der Waals surface area contributed by atoms with E-state index in [9.17, 15) is 0 Å². The van der Waals surface area contributed by atoms with Gasteiger partial charge in [-0.15, -0.1) is 6.42 Å². The van der Waals surface area contributed by atoms with E-state index in [1.54, 1.807) is 0 Å². The minimum atomic E-state index is 0.406. The summed E-state index contributed by atoms with van der Waals surface area (Å²) in [7, 11) is 0. The monoisotopic (exact) mass is 151 g/mol. The van der Waals surface area contributed by atoms with E-state index in [-0.39, 0.29) is 0 Å². The van der Waals surface area contributed by atoms with Crippen LogP contribution in [0.1, 0.15) is 33.1 Å². The molecule has 0 bridgehead atoms. The van der Waals surface area contributed by atoms with Crippen molar-refractivity contribution in [3.05, 3.63) is 0 Å². The van der Waals surface area contributed by atoms with Crippen molar-refractivity contribution in [3.8, 4) is 12.3 Å². The third kappa shape index (κ3) is 1.97. The van der Waals surface area contributed by atoms with Gasteiger partial charge in [-0.05, 0) is 39.7 Å². The van der Waals surface area contributed by atoms with Crippen molar-refractivity contribution >= 4 is 0 Å². The van der Waals surface area contributed by atoms with Gasteiger partial charge in [0.05, 0.1) is 6.04 Å². The minimum Gasteiger partial charge on any atom is -0.287 e. The van der Waals surface area contributed by atoms with Gasteiger partial charge < -0.3 is 0 Å². The minimum absolute atomic E-state index is 0.406. The van der Waals surface area contributed by atoms with Gasteiger partial charge >= 0.3 is 0 Å². The third-order valence-corrected chi connectivity index (χ3v) is 2.40. The number of piperidine rings is 1. The number of nitrogens with zero attached hydrogens (tertiary/aromatic N) is 1. The van der Waals surface area contributed by atoms with Crippen LogP contribution in [0.5, 0.6) is 0 Å². The Kier molecular flexibility index (Phi) is 2.96. The molecule has 1 heterocycles. The fourth-order valence-corrected chi connectivity index (χ4v) is 1.75. The van der Waals surface area contributed by atoms with E-state index in [0.29, 0.717) is 12.1 Å². The zero-order chi connectivity index (χ0) is 8.27. The predicted molar refractivity (Wildman–Crippen MR) is 48.3 cm³/mol. The van der Waals surface area contributed by atoms with Crippen LogP contribution >= 0.6 is 0 Å². The van der Waals surface area contributed by atoms with Crippen molar-refractivity contribution in [2.75, 3.05) is 6.54 Å². The Hall–Kier alpha value is -0.480. The predicted octanol–water partition coefficient (Wildman–Crippen LogP) is 1.88. The van der Waals surface area contributed by atoms with Crippen molar-refractivity contribution in [2.24, 2.45) is 0 Å². The molecule has 1 rings (SSSR count). The number of rotatable bonds is 1. The molecule has 1 aliphatic heterocycles. The lowest BCUT2D eigenvalue weighted by molar-refractivity contribution is 0.146. The molecule has 0 N–H and O–H groups in total. The first-order chi connectivity index (χ1) is 5.25. The lowest BCUT2D eigenvalue weighted by Gasteiger charge is -2.35. The summed E-state index contributed by atoms with van der Waals surface area (Å²) in [6.07, 6.45) is 9.25. The van der Waals surface area contributed by atoms with Crippen LogP contribution in [0, 0.1) is 12.3 Å². The molecule has 0 spiro atoms. The SMILES string of the molecule is C#C[C@H]1CCCCN1C(C)C. The molecular formula is C10H17N. The van der Waals surface area contributed by atoms with Crippen LogP contribution in [0.25, 0.3) is 0 Å². The van der Waals surface area contributed by atoms with Gasteiger partial charge in [0.15, 0.2) is 0 Å². The maximum atomic E-state index is 5.44. The van der Waals surface area contributed by atoms with Gasteiger partial charge in [0.2, 0.25) is 0 Å². The lowest BCUT2D eigenvalue weighted by atomic mass is 10.0. The molecule has 0 saturated carbocycles. The molecule has 1 fully saturated rings. The highest BCUT2D eigenvalue weighted by Gasteiger charge is 2.21. The Morgan fingerprint density at radius 3 is 2.64 bits per heavy atom. The molecule has 0 aromatic heterocycles. The van der Waals surface area contributed by atoms with Gasteiger partial charge in [-0.25, -0.2) is 0 Å². The van der Waals surface area contributed by atoms with Crippen LogP contribution in [-0.4, -0.2) is 23.5 Å². The topological polar surface area (TPSA) is 3.24 Å². The maximum absolute atomic E-state index is 5.44. The molecule has 0 radical (unpaired) electrons. The van der Waals surface area contributed by atoms with E-state index in [0.717, 1.165) is 0 Å². The Morgan fingerprint density at radius 1 is 1.45 bits per heavy atom. The zero-order valence-corrected chi connectivity index (χ0v) is 7.51. The van der Waals surface area contributed by atoms with Gasteiger partial charge in [-0.1, -0.05) is 5.92 Å². The summed E-state index contributed by atoms with van der Waals surface area (Å²) in [5.74, 6) is 2.86. The standard InChI is InChI=1S/C10H17N/c1-4-10-7-5-6-8-11(10)9(2)3/h1,9-10H,5-8H2,2-3H3/t10-/m0/s1. The summed E-state index contributed by atoms with van der Waals surface area (Å²) < 4.78 is 0. The fourth-order valence-electron chi connectivity index (χ4n) is 1.75. The highest BCUT2D eigenvalue weighted by atomic mass is 15.2. The van der Waals surface area contributed by atoms with E-state index in [2.05, 4.69) is 24.7 Å². The molecule has 0 aliphatic carbocycles. The molecule has 1 saturated heterocycles. The smallest absolute Gasteiger partial charge is 0.0714 e. The van der Waals surface area contributed by atoms with Crippen molar-refractivity contribution in [2.45, 2.75) is 45.2 Å². The van der Waals surface area contributed by atoms with Gasteiger partial charge in [0.1, 0.15) is 0 Å². The van der Waals surface area contributed by atoms with Crippen LogP contribution in [-0.2, 0) is 0 Å². The van der Waals surface area contributed by atoms with Gasteiger partial charge in [-0.3, -0.25) is 4.90 Å². The van der Waals surface area contributed by atoms with Crippen molar-refractivity contribution in [1.29, 1.82) is 0 Å².